The molecule has 0 atom stereocenters. The van der Waals surface area contributed by atoms with Crippen LogP contribution in [-0.2, 0) is 0 Å². The fourth-order valence-electron chi connectivity index (χ4n) is 1.80. The van der Waals surface area contributed by atoms with Crippen LogP contribution in [0.25, 0.3) is 0 Å². The molecule has 2 aromatic carbocycles. The van der Waals surface area contributed by atoms with Crippen LogP contribution in [0.1, 0.15) is 10.4 Å². The van der Waals surface area contributed by atoms with Crippen LogP contribution in [0.3, 0.4) is 0 Å². The average Bonchev–Trinajstić information content (AvgIpc) is 2.55. The van der Waals surface area contributed by atoms with Crippen LogP contribution in [0.15, 0.2) is 36.4 Å². The molecule has 4 N–H and O–H groups in total. The number of hydrogen-bond donors (Lipinski definition) is 4. The van der Waals surface area contributed by atoms with Gasteiger partial charge in [-0.05, 0) is 42.5 Å². The lowest BCUT2D eigenvalue weighted by Gasteiger charge is -2.13. The van der Waals surface area contributed by atoms with E-state index in [0.29, 0.717) is 6.07 Å². The second kappa shape index (κ2) is 7.55. The number of hydrogen-bond acceptors (Lipinski definition) is 4. The van der Waals surface area contributed by atoms with E-state index in [-0.39, 0.29) is 27.9 Å². The number of anilines is 1. The van der Waals surface area contributed by atoms with Gasteiger partial charge in [-0.15, -0.1) is 0 Å². The summed E-state index contributed by atoms with van der Waals surface area (Å²) < 4.78 is 31.3. The second-order valence-electron chi connectivity index (χ2n) is 4.54. The molecule has 0 aromatic heterocycles. The molecule has 2 rings (SSSR count). The van der Waals surface area contributed by atoms with Crippen molar-refractivity contribution >= 4 is 28.9 Å². The molecule has 0 radical (unpaired) electrons. The zero-order chi connectivity index (χ0) is 17.7. The molecule has 0 saturated heterocycles. The van der Waals surface area contributed by atoms with Gasteiger partial charge in [-0.1, -0.05) is 0 Å². The first-order valence-corrected chi connectivity index (χ1v) is 7.01. The van der Waals surface area contributed by atoms with Crippen LogP contribution >= 0.6 is 12.2 Å². The first-order valence-electron chi connectivity index (χ1n) is 6.60. The van der Waals surface area contributed by atoms with E-state index < -0.39 is 17.5 Å². The van der Waals surface area contributed by atoms with Gasteiger partial charge in [-0.25, -0.2) is 8.78 Å². The average molecular weight is 353 g/mol. The topological polar surface area (TPSA) is 82.6 Å². The molecule has 0 spiro atoms. The van der Waals surface area contributed by atoms with Crippen LogP contribution in [0.5, 0.6) is 11.5 Å². The van der Waals surface area contributed by atoms with Crippen LogP contribution in [0.4, 0.5) is 14.5 Å². The zero-order valence-corrected chi connectivity index (χ0v) is 13.2. The Bertz CT molecular complexity index is 787. The van der Waals surface area contributed by atoms with Crippen molar-refractivity contribution in [1.29, 1.82) is 0 Å². The van der Waals surface area contributed by atoms with Crippen LogP contribution in [-0.4, -0.2) is 23.2 Å². The largest absolute Gasteiger partial charge is 0.508 e. The third-order valence-electron chi connectivity index (χ3n) is 2.90. The highest BCUT2D eigenvalue weighted by Gasteiger charge is 2.13. The fourth-order valence-corrected chi connectivity index (χ4v) is 1.96. The van der Waals surface area contributed by atoms with Crippen molar-refractivity contribution in [3.63, 3.8) is 0 Å². The lowest BCUT2D eigenvalue weighted by molar-refractivity contribution is 0.0940. The minimum atomic E-state index is -0.833. The smallest absolute Gasteiger partial charge is 0.273 e. The minimum absolute atomic E-state index is 0.0573. The maximum atomic E-state index is 13.5. The number of thiocarbonyl (C=S) groups is 1. The van der Waals surface area contributed by atoms with Gasteiger partial charge in [0.1, 0.15) is 23.1 Å². The van der Waals surface area contributed by atoms with E-state index in [1.165, 1.54) is 31.4 Å². The van der Waals surface area contributed by atoms with E-state index in [1.54, 1.807) is 0 Å². The van der Waals surface area contributed by atoms with Gasteiger partial charge >= 0.3 is 0 Å². The Morgan fingerprint density at radius 2 is 1.92 bits per heavy atom. The molecule has 2 aromatic rings. The standard InChI is InChI=1S/C15H13F2N3O3S/c1-23-13-5-3-9(21)7-10(13)14(22)19-20-15(24)18-12-4-2-8(16)6-11(12)17/h2-7,21H,1H3,(H,19,22)(H2,18,20,24). The summed E-state index contributed by atoms with van der Waals surface area (Å²) in [6.45, 7) is 0. The number of methoxy groups -OCH3 is 1. The second-order valence-corrected chi connectivity index (χ2v) is 4.95. The van der Waals surface area contributed by atoms with E-state index in [0.717, 1.165) is 6.07 Å². The Balaban J connectivity index is 1.99. The Hall–Kier alpha value is -2.94. The summed E-state index contributed by atoms with van der Waals surface area (Å²) in [5, 5.41) is 11.8. The monoisotopic (exact) mass is 353 g/mol. The first-order chi connectivity index (χ1) is 11.4. The molecule has 126 valence electrons. The van der Waals surface area contributed by atoms with Gasteiger partial charge in [0.05, 0.1) is 18.4 Å². The number of phenols is 1. The van der Waals surface area contributed by atoms with Gasteiger partial charge in [0.15, 0.2) is 5.11 Å². The molecule has 1 amide bonds. The molecule has 0 bridgehead atoms. The summed E-state index contributed by atoms with van der Waals surface area (Å²) in [5.41, 5.74) is 4.65. The predicted molar refractivity (Wildman–Crippen MR) is 87.8 cm³/mol. The van der Waals surface area contributed by atoms with Crippen molar-refractivity contribution < 1.29 is 23.4 Å². The van der Waals surface area contributed by atoms with Crippen molar-refractivity contribution in [3.8, 4) is 11.5 Å². The molecule has 6 nitrogen and oxygen atoms in total. The number of hydrazine groups is 1. The molecule has 0 aliphatic heterocycles. The number of aromatic hydroxyl groups is 1. The summed E-state index contributed by atoms with van der Waals surface area (Å²) in [6, 6.07) is 6.93. The number of benzene rings is 2. The third-order valence-corrected chi connectivity index (χ3v) is 3.10. The number of phenolic OH excluding ortho intramolecular Hbond substituents is 1. The number of amides is 1. The number of halogens is 2. The number of carbonyl (C=O) groups excluding carboxylic acids is 1. The number of carbonyl (C=O) groups is 1. The quantitative estimate of drug-likeness (QED) is 0.501. The van der Waals surface area contributed by atoms with Crippen molar-refractivity contribution in [2.24, 2.45) is 0 Å². The summed E-state index contributed by atoms with van der Waals surface area (Å²) in [7, 11) is 1.38. The molecule has 0 unspecified atom stereocenters. The highest BCUT2D eigenvalue weighted by atomic mass is 32.1. The van der Waals surface area contributed by atoms with Gasteiger partial charge < -0.3 is 15.2 Å². The summed E-state index contributed by atoms with van der Waals surface area (Å²) >= 11 is 4.91. The number of ether oxygens (including phenoxy) is 1. The van der Waals surface area contributed by atoms with E-state index in [9.17, 15) is 18.7 Å². The summed E-state index contributed by atoms with van der Waals surface area (Å²) in [5.74, 6) is -2.06. The highest BCUT2D eigenvalue weighted by molar-refractivity contribution is 7.80. The van der Waals surface area contributed by atoms with E-state index >= 15 is 0 Å². The van der Waals surface area contributed by atoms with Gasteiger partial charge in [0.2, 0.25) is 0 Å². The first kappa shape index (κ1) is 17.4. The van der Waals surface area contributed by atoms with Crippen LogP contribution in [0.2, 0.25) is 0 Å². The summed E-state index contributed by atoms with van der Waals surface area (Å²) in [6.07, 6.45) is 0. The van der Waals surface area contributed by atoms with Gasteiger partial charge in [0.25, 0.3) is 5.91 Å². The third kappa shape index (κ3) is 4.29. The molecule has 0 saturated carbocycles. The Labute approximate surface area is 141 Å². The SMILES string of the molecule is COc1ccc(O)cc1C(=O)NNC(=S)Nc1ccc(F)cc1F. The fraction of sp³-hybridized carbons (Fsp3) is 0.0667. The molecular formula is C15H13F2N3O3S. The highest BCUT2D eigenvalue weighted by Crippen LogP contribution is 2.22. The molecule has 0 heterocycles. The Morgan fingerprint density at radius 1 is 1.17 bits per heavy atom. The van der Waals surface area contributed by atoms with E-state index in [1.807, 2.05) is 0 Å². The molecule has 0 aliphatic rings. The zero-order valence-electron chi connectivity index (χ0n) is 12.4. The Morgan fingerprint density at radius 3 is 2.58 bits per heavy atom. The van der Waals surface area contributed by atoms with Crippen LogP contribution in [0, 0.1) is 11.6 Å². The van der Waals surface area contributed by atoms with E-state index in [4.69, 9.17) is 17.0 Å². The molecular weight excluding hydrogens is 340 g/mol. The molecule has 0 aliphatic carbocycles. The normalized spacial score (nSPS) is 9.96. The number of rotatable bonds is 3. The number of nitrogens with one attached hydrogen (secondary N) is 3. The van der Waals surface area contributed by atoms with E-state index in [2.05, 4.69) is 16.2 Å². The minimum Gasteiger partial charge on any atom is -0.508 e. The Kier molecular flexibility index (Phi) is 5.48. The van der Waals surface area contributed by atoms with Gasteiger partial charge in [0, 0.05) is 6.07 Å². The van der Waals surface area contributed by atoms with Gasteiger partial charge in [-0.3, -0.25) is 15.6 Å². The predicted octanol–water partition coefficient (Wildman–Crippen LogP) is 2.31. The molecule has 24 heavy (non-hydrogen) atoms. The lowest BCUT2D eigenvalue weighted by atomic mass is 10.2. The van der Waals surface area contributed by atoms with Crippen molar-refractivity contribution in [1.82, 2.24) is 10.9 Å². The van der Waals surface area contributed by atoms with Crippen molar-refractivity contribution in [2.75, 3.05) is 12.4 Å². The summed E-state index contributed by atoms with van der Waals surface area (Å²) in [4.78, 5) is 12.1. The maximum absolute atomic E-state index is 13.5. The van der Waals surface area contributed by atoms with Crippen molar-refractivity contribution in [2.45, 2.75) is 0 Å². The molecule has 9 heteroatoms. The van der Waals surface area contributed by atoms with Crippen LogP contribution < -0.4 is 20.9 Å². The maximum Gasteiger partial charge on any atom is 0.273 e. The van der Waals surface area contributed by atoms with Crippen molar-refractivity contribution in [3.05, 3.63) is 53.6 Å². The van der Waals surface area contributed by atoms with Gasteiger partial charge in [-0.2, -0.15) is 0 Å². The molecule has 0 fully saturated rings. The lowest BCUT2D eigenvalue weighted by Crippen LogP contribution is -2.44.